The largest absolute Gasteiger partial charge is 0.303 e. The van der Waals surface area contributed by atoms with Crippen LogP contribution in [0.4, 0.5) is 4.39 Å². The van der Waals surface area contributed by atoms with Crippen LogP contribution in [0.5, 0.6) is 0 Å². The molecule has 3 heteroatoms. The van der Waals surface area contributed by atoms with Gasteiger partial charge in [-0.2, -0.15) is 0 Å². The highest BCUT2D eigenvalue weighted by Crippen LogP contribution is 2.22. The van der Waals surface area contributed by atoms with Gasteiger partial charge in [-0.15, -0.1) is 0 Å². The molecule has 1 aromatic carbocycles. The molecule has 0 saturated heterocycles. The van der Waals surface area contributed by atoms with E-state index < -0.39 is 0 Å². The molecule has 0 saturated carbocycles. The van der Waals surface area contributed by atoms with Gasteiger partial charge in [-0.1, -0.05) is 19.1 Å². The van der Waals surface area contributed by atoms with Gasteiger partial charge in [0, 0.05) is 5.92 Å². The Kier molecular flexibility index (Phi) is 3.60. The molecule has 0 amide bonds. The summed E-state index contributed by atoms with van der Waals surface area (Å²) < 4.78 is 13.5. The Hall–Kier alpha value is -0.700. The van der Waals surface area contributed by atoms with Gasteiger partial charge in [-0.05, 0) is 34.0 Å². The van der Waals surface area contributed by atoms with Gasteiger partial charge in [0.25, 0.3) is 0 Å². The van der Waals surface area contributed by atoms with E-state index in [2.05, 4.69) is 15.9 Å². The molecule has 13 heavy (non-hydrogen) atoms. The molecule has 0 aliphatic carbocycles. The van der Waals surface area contributed by atoms with Gasteiger partial charge in [-0.25, -0.2) is 4.39 Å². The summed E-state index contributed by atoms with van der Waals surface area (Å²) >= 11 is 3.15. The van der Waals surface area contributed by atoms with Crippen molar-refractivity contribution in [2.45, 2.75) is 13.3 Å². The lowest BCUT2D eigenvalue weighted by molar-refractivity contribution is -0.110. The SMILES string of the molecule is CC(C=O)Cc1cccc(F)c1Br. The third kappa shape index (κ3) is 2.62. The summed E-state index contributed by atoms with van der Waals surface area (Å²) in [5.74, 6) is -0.353. The zero-order chi connectivity index (χ0) is 9.84. The number of carbonyl (C=O) groups excluding carboxylic acids is 1. The minimum absolute atomic E-state index is 0.0712. The van der Waals surface area contributed by atoms with Crippen molar-refractivity contribution >= 4 is 22.2 Å². The van der Waals surface area contributed by atoms with Gasteiger partial charge in [0.05, 0.1) is 4.47 Å². The maximum absolute atomic E-state index is 13.0. The first-order valence-electron chi connectivity index (χ1n) is 4.03. The van der Waals surface area contributed by atoms with Crippen LogP contribution in [0.2, 0.25) is 0 Å². The maximum Gasteiger partial charge on any atom is 0.137 e. The first-order valence-corrected chi connectivity index (χ1v) is 4.82. The molecule has 1 unspecified atom stereocenters. The van der Waals surface area contributed by atoms with E-state index in [9.17, 15) is 9.18 Å². The summed E-state index contributed by atoms with van der Waals surface area (Å²) in [4.78, 5) is 10.4. The van der Waals surface area contributed by atoms with Crippen LogP contribution in [0.3, 0.4) is 0 Å². The monoisotopic (exact) mass is 244 g/mol. The molecule has 0 radical (unpaired) electrons. The third-order valence-corrected chi connectivity index (χ3v) is 2.69. The average molecular weight is 245 g/mol. The second-order valence-electron chi connectivity index (χ2n) is 3.03. The molecule has 0 aromatic heterocycles. The highest BCUT2D eigenvalue weighted by atomic mass is 79.9. The van der Waals surface area contributed by atoms with E-state index >= 15 is 0 Å². The average Bonchev–Trinajstić information content (AvgIpc) is 2.13. The second kappa shape index (κ2) is 4.51. The van der Waals surface area contributed by atoms with Gasteiger partial charge < -0.3 is 4.79 Å². The molecule has 1 atom stereocenters. The Morgan fingerprint density at radius 1 is 1.62 bits per heavy atom. The van der Waals surface area contributed by atoms with Crippen LogP contribution >= 0.6 is 15.9 Å². The minimum atomic E-state index is -0.282. The number of hydrogen-bond acceptors (Lipinski definition) is 1. The highest BCUT2D eigenvalue weighted by Gasteiger charge is 2.08. The van der Waals surface area contributed by atoms with Crippen molar-refractivity contribution in [1.82, 2.24) is 0 Å². The number of benzene rings is 1. The number of halogens is 2. The summed E-state index contributed by atoms with van der Waals surface area (Å²) in [5.41, 5.74) is 0.833. The molecule has 0 N–H and O–H groups in total. The number of rotatable bonds is 3. The molecular formula is C10H10BrFO. The number of aldehydes is 1. The van der Waals surface area contributed by atoms with Crippen LogP contribution < -0.4 is 0 Å². The van der Waals surface area contributed by atoms with E-state index in [1.807, 2.05) is 13.0 Å². The van der Waals surface area contributed by atoms with Crippen molar-refractivity contribution in [2.24, 2.45) is 5.92 Å². The molecule has 0 heterocycles. The zero-order valence-electron chi connectivity index (χ0n) is 7.26. The van der Waals surface area contributed by atoms with Gasteiger partial charge in [0.15, 0.2) is 0 Å². The standard InChI is InChI=1S/C10H10BrFO/c1-7(6-13)5-8-3-2-4-9(12)10(8)11/h2-4,6-7H,5H2,1H3. The Bertz CT molecular complexity index is 312. The molecule has 1 nitrogen and oxygen atoms in total. The summed E-state index contributed by atoms with van der Waals surface area (Å²) in [6, 6.07) is 4.85. The van der Waals surface area contributed by atoms with Crippen LogP contribution in [-0.2, 0) is 11.2 Å². The predicted molar refractivity (Wildman–Crippen MR) is 53.0 cm³/mol. The third-order valence-electron chi connectivity index (χ3n) is 1.81. The normalized spacial score (nSPS) is 12.5. The fourth-order valence-electron chi connectivity index (χ4n) is 1.10. The van der Waals surface area contributed by atoms with Gasteiger partial charge in [0.2, 0.25) is 0 Å². The molecule has 70 valence electrons. The maximum atomic E-state index is 13.0. The van der Waals surface area contributed by atoms with E-state index in [-0.39, 0.29) is 11.7 Å². The number of carbonyl (C=O) groups is 1. The number of hydrogen-bond donors (Lipinski definition) is 0. The first-order chi connectivity index (χ1) is 6.15. The summed E-state index contributed by atoms with van der Waals surface area (Å²) in [7, 11) is 0. The van der Waals surface area contributed by atoms with E-state index in [1.165, 1.54) is 6.07 Å². The lowest BCUT2D eigenvalue weighted by Crippen LogP contribution is -2.01. The Morgan fingerprint density at radius 2 is 2.31 bits per heavy atom. The Labute approximate surface area is 85.1 Å². The van der Waals surface area contributed by atoms with Crippen LogP contribution in [0, 0.1) is 11.7 Å². The Balaban J connectivity index is 2.88. The highest BCUT2D eigenvalue weighted by molar-refractivity contribution is 9.10. The van der Waals surface area contributed by atoms with Crippen LogP contribution in [0.1, 0.15) is 12.5 Å². The van der Waals surface area contributed by atoms with E-state index in [1.54, 1.807) is 6.07 Å². The molecular weight excluding hydrogens is 235 g/mol. The minimum Gasteiger partial charge on any atom is -0.303 e. The fourth-order valence-corrected chi connectivity index (χ4v) is 1.53. The summed E-state index contributed by atoms with van der Waals surface area (Å²) in [6.07, 6.45) is 1.44. The lowest BCUT2D eigenvalue weighted by Gasteiger charge is -2.06. The van der Waals surface area contributed by atoms with Crippen LogP contribution in [0.15, 0.2) is 22.7 Å². The van der Waals surface area contributed by atoms with Crippen LogP contribution in [0.25, 0.3) is 0 Å². The van der Waals surface area contributed by atoms with E-state index in [4.69, 9.17) is 0 Å². The van der Waals surface area contributed by atoms with Gasteiger partial charge >= 0.3 is 0 Å². The molecule has 0 spiro atoms. The molecule has 0 aliphatic heterocycles. The van der Waals surface area contributed by atoms with Crippen LogP contribution in [-0.4, -0.2) is 6.29 Å². The summed E-state index contributed by atoms with van der Waals surface area (Å²) in [6.45, 7) is 1.81. The van der Waals surface area contributed by atoms with Crippen molar-refractivity contribution in [3.8, 4) is 0 Å². The fraction of sp³-hybridized carbons (Fsp3) is 0.300. The Morgan fingerprint density at radius 3 is 2.92 bits per heavy atom. The van der Waals surface area contributed by atoms with E-state index in [0.717, 1.165) is 11.8 Å². The van der Waals surface area contributed by atoms with Gasteiger partial charge in [0.1, 0.15) is 12.1 Å². The topological polar surface area (TPSA) is 17.1 Å². The second-order valence-corrected chi connectivity index (χ2v) is 3.82. The summed E-state index contributed by atoms with van der Waals surface area (Å²) in [5, 5.41) is 0. The van der Waals surface area contributed by atoms with Crippen molar-refractivity contribution in [3.05, 3.63) is 34.1 Å². The molecule has 1 rings (SSSR count). The molecule has 1 aromatic rings. The van der Waals surface area contributed by atoms with Crippen molar-refractivity contribution < 1.29 is 9.18 Å². The quantitative estimate of drug-likeness (QED) is 0.748. The zero-order valence-corrected chi connectivity index (χ0v) is 8.84. The molecule has 0 aliphatic rings. The van der Waals surface area contributed by atoms with Crippen molar-refractivity contribution in [2.75, 3.05) is 0 Å². The first kappa shape index (κ1) is 10.4. The molecule has 0 bridgehead atoms. The van der Waals surface area contributed by atoms with E-state index in [0.29, 0.717) is 10.9 Å². The van der Waals surface area contributed by atoms with Crippen molar-refractivity contribution in [1.29, 1.82) is 0 Å². The smallest absolute Gasteiger partial charge is 0.137 e. The van der Waals surface area contributed by atoms with Gasteiger partial charge in [-0.3, -0.25) is 0 Å². The molecule has 0 fully saturated rings. The lowest BCUT2D eigenvalue weighted by atomic mass is 10.0. The predicted octanol–water partition coefficient (Wildman–Crippen LogP) is 2.97. The van der Waals surface area contributed by atoms with Crippen molar-refractivity contribution in [3.63, 3.8) is 0 Å².